The summed E-state index contributed by atoms with van der Waals surface area (Å²) in [6.45, 7) is 7.36. The molecule has 19 heavy (non-hydrogen) atoms. The van der Waals surface area contributed by atoms with Crippen molar-refractivity contribution in [2.45, 2.75) is 38.8 Å². The molecule has 2 rings (SSSR count). The zero-order valence-electron chi connectivity index (χ0n) is 11.8. The number of hydrogen-bond acceptors (Lipinski definition) is 3. The van der Waals surface area contributed by atoms with E-state index >= 15 is 0 Å². The second-order valence-electron chi connectivity index (χ2n) is 5.26. The average molecular weight is 258 g/mol. The van der Waals surface area contributed by atoms with E-state index in [0.29, 0.717) is 0 Å². The molecule has 1 aromatic heterocycles. The van der Waals surface area contributed by atoms with E-state index in [1.165, 1.54) is 5.56 Å². The fraction of sp³-hybridized carbons (Fsp3) is 0.400. The van der Waals surface area contributed by atoms with Crippen molar-refractivity contribution in [2.75, 3.05) is 0 Å². The molecule has 1 unspecified atom stereocenters. The van der Waals surface area contributed by atoms with Crippen LogP contribution in [0.5, 0.6) is 0 Å². The normalized spacial score (nSPS) is 13.5. The summed E-state index contributed by atoms with van der Waals surface area (Å²) in [7, 11) is 0. The molecule has 0 amide bonds. The molecule has 1 atom stereocenters. The van der Waals surface area contributed by atoms with Gasteiger partial charge in [-0.3, -0.25) is 5.84 Å². The highest BCUT2D eigenvalue weighted by Gasteiger charge is 2.34. The Bertz CT molecular complexity index is 516. The Morgan fingerprint density at radius 1 is 1.32 bits per heavy atom. The Kier molecular flexibility index (Phi) is 4.02. The van der Waals surface area contributed by atoms with Crippen LogP contribution in [0.25, 0.3) is 0 Å². The topological polar surface area (TPSA) is 55.9 Å². The highest BCUT2D eigenvalue weighted by atomic mass is 15.3. The minimum atomic E-state index is -0.145. The number of rotatable bonds is 5. The summed E-state index contributed by atoms with van der Waals surface area (Å²) in [4.78, 5) is 4.47. The largest absolute Gasteiger partial charge is 0.334 e. The smallest absolute Gasteiger partial charge is 0.128 e. The number of imidazole rings is 1. The molecule has 0 fully saturated rings. The lowest BCUT2D eigenvalue weighted by Crippen LogP contribution is -2.42. The van der Waals surface area contributed by atoms with E-state index in [2.05, 4.69) is 60.0 Å². The van der Waals surface area contributed by atoms with Gasteiger partial charge in [0, 0.05) is 24.4 Å². The molecule has 0 aliphatic rings. The molecular formula is C15H22N4. The van der Waals surface area contributed by atoms with E-state index in [9.17, 15) is 0 Å². The molecule has 0 saturated carbocycles. The van der Waals surface area contributed by atoms with Crippen LogP contribution in [-0.2, 0) is 12.0 Å². The van der Waals surface area contributed by atoms with Crippen molar-refractivity contribution in [3.05, 3.63) is 54.1 Å². The van der Waals surface area contributed by atoms with Crippen LogP contribution in [-0.4, -0.2) is 9.55 Å². The highest BCUT2D eigenvalue weighted by molar-refractivity contribution is 5.27. The summed E-state index contributed by atoms with van der Waals surface area (Å²) in [5.41, 5.74) is 4.03. The van der Waals surface area contributed by atoms with E-state index in [1.807, 2.05) is 18.5 Å². The van der Waals surface area contributed by atoms with Crippen molar-refractivity contribution in [1.82, 2.24) is 15.0 Å². The molecule has 0 radical (unpaired) electrons. The number of hydrogen-bond donors (Lipinski definition) is 2. The van der Waals surface area contributed by atoms with Crippen LogP contribution in [0.4, 0.5) is 0 Å². The number of nitrogens with two attached hydrogens (primary N) is 1. The van der Waals surface area contributed by atoms with Gasteiger partial charge in [0.2, 0.25) is 0 Å². The molecule has 0 aliphatic carbocycles. The Morgan fingerprint density at radius 3 is 2.58 bits per heavy atom. The summed E-state index contributed by atoms with van der Waals surface area (Å²) in [5.74, 6) is 6.78. The molecule has 0 aliphatic heterocycles. The minimum Gasteiger partial charge on any atom is -0.334 e. The van der Waals surface area contributed by atoms with Gasteiger partial charge in [0.15, 0.2) is 0 Å². The van der Waals surface area contributed by atoms with E-state index in [0.717, 1.165) is 12.4 Å². The number of benzene rings is 1. The summed E-state index contributed by atoms with van der Waals surface area (Å²) in [5, 5.41) is 0. The van der Waals surface area contributed by atoms with Crippen molar-refractivity contribution in [3.8, 4) is 0 Å². The van der Waals surface area contributed by atoms with Gasteiger partial charge in [-0.1, -0.05) is 44.2 Å². The molecule has 4 nitrogen and oxygen atoms in total. The number of aryl methyl sites for hydroxylation is 1. The summed E-state index contributed by atoms with van der Waals surface area (Å²) >= 11 is 0. The highest BCUT2D eigenvalue weighted by Crippen LogP contribution is 2.35. The Balaban J connectivity index is 2.42. The first kappa shape index (κ1) is 13.8. The monoisotopic (exact) mass is 258 g/mol. The second-order valence-corrected chi connectivity index (χ2v) is 5.26. The Labute approximate surface area is 114 Å². The van der Waals surface area contributed by atoms with Crippen LogP contribution < -0.4 is 11.3 Å². The van der Waals surface area contributed by atoms with Gasteiger partial charge in [0.1, 0.15) is 5.82 Å². The number of nitrogens with zero attached hydrogens (tertiary/aromatic N) is 2. The van der Waals surface area contributed by atoms with Crippen LogP contribution in [0.2, 0.25) is 0 Å². The molecule has 1 aromatic carbocycles. The summed E-state index contributed by atoms with van der Waals surface area (Å²) in [6.07, 6.45) is 3.81. The Hall–Kier alpha value is -1.65. The molecule has 0 bridgehead atoms. The maximum atomic E-state index is 5.81. The van der Waals surface area contributed by atoms with Gasteiger partial charge >= 0.3 is 0 Å². The maximum absolute atomic E-state index is 5.81. The van der Waals surface area contributed by atoms with E-state index < -0.39 is 0 Å². The maximum Gasteiger partial charge on any atom is 0.128 e. The SMILES string of the molecule is CCn1ccnc1C(NN)C(C)(C)c1ccccc1. The molecule has 102 valence electrons. The molecule has 3 N–H and O–H groups in total. The standard InChI is InChI=1S/C15H22N4/c1-4-19-11-10-17-14(19)13(18-16)15(2,3)12-8-6-5-7-9-12/h5-11,13,18H,4,16H2,1-3H3. The zero-order chi connectivity index (χ0) is 13.9. The van der Waals surface area contributed by atoms with Gasteiger partial charge < -0.3 is 4.57 Å². The fourth-order valence-corrected chi connectivity index (χ4v) is 2.49. The van der Waals surface area contributed by atoms with Gasteiger partial charge in [-0.2, -0.15) is 0 Å². The second kappa shape index (κ2) is 5.55. The summed E-state index contributed by atoms with van der Waals surface area (Å²) in [6, 6.07) is 10.4. The van der Waals surface area contributed by atoms with Crippen molar-refractivity contribution in [3.63, 3.8) is 0 Å². The Morgan fingerprint density at radius 2 is 2.00 bits per heavy atom. The number of hydrazine groups is 1. The van der Waals surface area contributed by atoms with Crippen molar-refractivity contribution in [1.29, 1.82) is 0 Å². The number of aromatic nitrogens is 2. The van der Waals surface area contributed by atoms with Gasteiger partial charge in [-0.25, -0.2) is 10.4 Å². The predicted molar refractivity (Wildman–Crippen MR) is 77.4 cm³/mol. The van der Waals surface area contributed by atoms with Crippen molar-refractivity contribution >= 4 is 0 Å². The predicted octanol–water partition coefficient (Wildman–Crippen LogP) is 2.39. The molecule has 0 saturated heterocycles. The lowest BCUT2D eigenvalue weighted by molar-refractivity contribution is 0.329. The molecular weight excluding hydrogens is 236 g/mol. The third kappa shape index (κ3) is 2.55. The minimum absolute atomic E-state index is 0.0372. The molecule has 2 aromatic rings. The molecule has 1 heterocycles. The van der Waals surface area contributed by atoms with Crippen LogP contribution in [0.3, 0.4) is 0 Å². The summed E-state index contributed by atoms with van der Waals surface area (Å²) < 4.78 is 2.12. The first-order valence-corrected chi connectivity index (χ1v) is 6.64. The van der Waals surface area contributed by atoms with E-state index in [4.69, 9.17) is 5.84 Å². The van der Waals surface area contributed by atoms with Crippen LogP contribution in [0.1, 0.15) is 38.2 Å². The number of nitrogens with one attached hydrogen (secondary N) is 1. The van der Waals surface area contributed by atoms with Gasteiger partial charge in [0.05, 0.1) is 6.04 Å². The molecule has 4 heteroatoms. The zero-order valence-corrected chi connectivity index (χ0v) is 11.8. The fourth-order valence-electron chi connectivity index (χ4n) is 2.49. The molecule has 0 spiro atoms. The first-order valence-electron chi connectivity index (χ1n) is 6.64. The average Bonchev–Trinajstić information content (AvgIpc) is 2.88. The van der Waals surface area contributed by atoms with Crippen LogP contribution in [0.15, 0.2) is 42.7 Å². The lowest BCUT2D eigenvalue weighted by atomic mass is 9.77. The van der Waals surface area contributed by atoms with E-state index in [-0.39, 0.29) is 11.5 Å². The third-order valence-corrected chi connectivity index (χ3v) is 3.75. The van der Waals surface area contributed by atoms with Crippen LogP contribution in [0, 0.1) is 0 Å². The van der Waals surface area contributed by atoms with E-state index in [1.54, 1.807) is 0 Å². The van der Waals surface area contributed by atoms with Gasteiger partial charge in [-0.05, 0) is 12.5 Å². The van der Waals surface area contributed by atoms with Crippen molar-refractivity contribution < 1.29 is 0 Å². The van der Waals surface area contributed by atoms with Gasteiger partial charge in [0.25, 0.3) is 0 Å². The third-order valence-electron chi connectivity index (χ3n) is 3.75. The first-order chi connectivity index (χ1) is 9.11. The van der Waals surface area contributed by atoms with Crippen LogP contribution >= 0.6 is 0 Å². The lowest BCUT2D eigenvalue weighted by Gasteiger charge is -2.34. The quantitative estimate of drug-likeness (QED) is 0.639. The van der Waals surface area contributed by atoms with Crippen molar-refractivity contribution in [2.24, 2.45) is 5.84 Å². The van der Waals surface area contributed by atoms with Gasteiger partial charge in [-0.15, -0.1) is 0 Å².